The fraction of sp³-hybridized carbons (Fsp3) is 0.438. The van der Waals surface area contributed by atoms with Crippen LogP contribution in [0.15, 0.2) is 30.9 Å². The molecule has 7 heteroatoms. The van der Waals surface area contributed by atoms with Gasteiger partial charge in [0.1, 0.15) is 6.10 Å². The summed E-state index contributed by atoms with van der Waals surface area (Å²) >= 11 is 6.02. The van der Waals surface area contributed by atoms with E-state index in [1.165, 1.54) is 6.20 Å². The predicted molar refractivity (Wildman–Crippen MR) is 86.7 cm³/mol. The van der Waals surface area contributed by atoms with Gasteiger partial charge in [-0.15, -0.1) is 0 Å². The molecule has 1 amide bonds. The van der Waals surface area contributed by atoms with Crippen molar-refractivity contribution in [2.45, 2.75) is 44.9 Å². The SMILES string of the molecule is CCn1cc(O[C@@H]2CCC[C@@H]2NC(=O)c2ccncc2Cl)cn1. The number of hydrogen-bond donors (Lipinski definition) is 1. The lowest BCUT2D eigenvalue weighted by atomic mass is 10.2. The molecule has 1 N–H and O–H groups in total. The van der Waals surface area contributed by atoms with Crippen molar-refractivity contribution in [1.29, 1.82) is 0 Å². The Hall–Kier alpha value is -2.08. The minimum absolute atomic E-state index is 0.0308. The smallest absolute Gasteiger partial charge is 0.253 e. The maximum atomic E-state index is 12.4. The highest BCUT2D eigenvalue weighted by molar-refractivity contribution is 6.33. The number of amides is 1. The number of nitrogens with zero attached hydrogens (tertiary/aromatic N) is 3. The number of aryl methyl sites for hydroxylation is 1. The zero-order valence-corrected chi connectivity index (χ0v) is 13.7. The van der Waals surface area contributed by atoms with Crippen molar-refractivity contribution in [3.63, 3.8) is 0 Å². The summed E-state index contributed by atoms with van der Waals surface area (Å²) in [5.41, 5.74) is 0.436. The van der Waals surface area contributed by atoms with Crippen molar-refractivity contribution in [2.24, 2.45) is 0 Å². The first-order chi connectivity index (χ1) is 11.2. The maximum Gasteiger partial charge on any atom is 0.253 e. The van der Waals surface area contributed by atoms with Crippen LogP contribution in [0.25, 0.3) is 0 Å². The molecule has 2 heterocycles. The molecule has 0 aliphatic heterocycles. The van der Waals surface area contributed by atoms with Crippen molar-refractivity contribution in [1.82, 2.24) is 20.1 Å². The highest BCUT2D eigenvalue weighted by Gasteiger charge is 2.31. The Bertz CT molecular complexity index is 688. The lowest BCUT2D eigenvalue weighted by molar-refractivity contribution is 0.0894. The first-order valence-corrected chi connectivity index (χ1v) is 8.14. The van der Waals surface area contributed by atoms with Crippen LogP contribution in [0.1, 0.15) is 36.5 Å². The highest BCUT2D eigenvalue weighted by atomic mass is 35.5. The van der Waals surface area contributed by atoms with Crippen LogP contribution in [0.2, 0.25) is 5.02 Å². The predicted octanol–water partition coefficient (Wildman–Crippen LogP) is 2.68. The Balaban J connectivity index is 1.65. The average molecular weight is 335 g/mol. The van der Waals surface area contributed by atoms with Gasteiger partial charge in [-0.1, -0.05) is 11.6 Å². The number of pyridine rings is 1. The summed E-state index contributed by atoms with van der Waals surface area (Å²) < 4.78 is 7.81. The standard InChI is InChI=1S/C16H19ClN4O2/c1-2-21-10-11(8-19-21)23-15-5-3-4-14(15)20-16(22)12-6-7-18-9-13(12)17/h6-10,14-15H,2-5H2,1H3,(H,20,22)/t14-,15+/m0/s1. The van der Waals surface area contributed by atoms with Crippen molar-refractivity contribution in [3.8, 4) is 5.75 Å². The lowest BCUT2D eigenvalue weighted by Gasteiger charge is -2.21. The Labute approximate surface area is 139 Å². The number of carbonyl (C=O) groups excluding carboxylic acids is 1. The van der Waals surface area contributed by atoms with E-state index in [0.29, 0.717) is 10.6 Å². The third-order valence-electron chi connectivity index (χ3n) is 4.01. The van der Waals surface area contributed by atoms with Gasteiger partial charge in [-0.05, 0) is 32.3 Å². The molecular weight excluding hydrogens is 316 g/mol. The van der Waals surface area contributed by atoms with Crippen LogP contribution in [0.5, 0.6) is 5.75 Å². The second-order valence-corrected chi connectivity index (χ2v) is 5.96. The summed E-state index contributed by atoms with van der Waals surface area (Å²) in [5, 5.41) is 7.58. The molecule has 2 aromatic rings. The Morgan fingerprint density at radius 1 is 1.48 bits per heavy atom. The first kappa shape index (κ1) is 15.8. The van der Waals surface area contributed by atoms with Crippen molar-refractivity contribution < 1.29 is 9.53 Å². The fourth-order valence-corrected chi connectivity index (χ4v) is 3.00. The molecule has 0 unspecified atom stereocenters. The molecule has 0 spiro atoms. The summed E-state index contributed by atoms with van der Waals surface area (Å²) in [6.45, 7) is 2.82. The van der Waals surface area contributed by atoms with Crippen molar-refractivity contribution in [3.05, 3.63) is 41.4 Å². The third-order valence-corrected chi connectivity index (χ3v) is 4.31. The van der Waals surface area contributed by atoms with Gasteiger partial charge >= 0.3 is 0 Å². The maximum absolute atomic E-state index is 12.4. The van der Waals surface area contributed by atoms with Crippen LogP contribution in [0.4, 0.5) is 0 Å². The number of carbonyl (C=O) groups is 1. The average Bonchev–Trinajstić information content (AvgIpc) is 3.18. The van der Waals surface area contributed by atoms with Crippen LogP contribution in [-0.2, 0) is 6.54 Å². The van der Waals surface area contributed by atoms with Gasteiger partial charge in [0.15, 0.2) is 5.75 Å². The van der Waals surface area contributed by atoms with Crippen LogP contribution in [0, 0.1) is 0 Å². The molecule has 2 aromatic heterocycles. The minimum Gasteiger partial charge on any atom is -0.485 e. The molecule has 3 rings (SSSR count). The van der Waals surface area contributed by atoms with Gasteiger partial charge < -0.3 is 10.1 Å². The van der Waals surface area contributed by atoms with E-state index in [1.807, 2.05) is 17.8 Å². The van der Waals surface area contributed by atoms with Crippen molar-refractivity contribution in [2.75, 3.05) is 0 Å². The normalized spacial score (nSPS) is 20.4. The Morgan fingerprint density at radius 3 is 3.09 bits per heavy atom. The summed E-state index contributed by atoms with van der Waals surface area (Å²) in [6, 6.07) is 1.59. The van der Waals surface area contributed by atoms with E-state index in [4.69, 9.17) is 16.3 Å². The van der Waals surface area contributed by atoms with Crippen LogP contribution in [0.3, 0.4) is 0 Å². The quantitative estimate of drug-likeness (QED) is 0.912. The molecule has 0 radical (unpaired) electrons. The van der Waals surface area contributed by atoms with E-state index >= 15 is 0 Å². The van der Waals surface area contributed by atoms with E-state index in [-0.39, 0.29) is 18.1 Å². The number of ether oxygens (including phenoxy) is 1. The summed E-state index contributed by atoms with van der Waals surface area (Å²) in [7, 11) is 0. The van der Waals surface area contributed by atoms with E-state index in [1.54, 1.807) is 18.5 Å². The van der Waals surface area contributed by atoms with Gasteiger partial charge in [-0.25, -0.2) is 0 Å². The van der Waals surface area contributed by atoms with E-state index in [0.717, 1.165) is 31.6 Å². The third kappa shape index (κ3) is 3.64. The second kappa shape index (κ2) is 7.00. The first-order valence-electron chi connectivity index (χ1n) is 7.77. The molecule has 1 aliphatic rings. The molecule has 23 heavy (non-hydrogen) atoms. The van der Waals surface area contributed by atoms with Crippen molar-refractivity contribution >= 4 is 17.5 Å². The molecule has 1 aliphatic carbocycles. The van der Waals surface area contributed by atoms with Gasteiger partial charge in [0.2, 0.25) is 0 Å². The molecule has 0 bridgehead atoms. The number of halogens is 1. The zero-order valence-electron chi connectivity index (χ0n) is 12.9. The lowest BCUT2D eigenvalue weighted by Crippen LogP contribution is -2.42. The molecule has 122 valence electrons. The molecular formula is C16H19ClN4O2. The summed E-state index contributed by atoms with van der Waals surface area (Å²) in [5.74, 6) is 0.544. The highest BCUT2D eigenvalue weighted by Crippen LogP contribution is 2.25. The minimum atomic E-state index is -0.192. The number of hydrogen-bond acceptors (Lipinski definition) is 4. The summed E-state index contributed by atoms with van der Waals surface area (Å²) in [4.78, 5) is 16.3. The van der Waals surface area contributed by atoms with Gasteiger partial charge in [0.25, 0.3) is 5.91 Å². The molecule has 0 saturated heterocycles. The Kier molecular flexibility index (Phi) is 4.81. The molecule has 1 fully saturated rings. The van der Waals surface area contributed by atoms with E-state index < -0.39 is 0 Å². The molecule has 6 nitrogen and oxygen atoms in total. The molecule has 1 saturated carbocycles. The summed E-state index contributed by atoms with van der Waals surface area (Å²) in [6.07, 6.45) is 9.38. The van der Waals surface area contributed by atoms with Crippen LogP contribution >= 0.6 is 11.6 Å². The number of rotatable bonds is 5. The number of nitrogens with one attached hydrogen (secondary N) is 1. The molecule has 2 atom stereocenters. The van der Waals surface area contributed by atoms with Gasteiger partial charge in [-0.2, -0.15) is 5.10 Å². The van der Waals surface area contributed by atoms with Crippen LogP contribution in [-0.4, -0.2) is 32.8 Å². The van der Waals surface area contributed by atoms with Gasteiger partial charge in [0, 0.05) is 18.9 Å². The van der Waals surface area contributed by atoms with Gasteiger partial charge in [0.05, 0.1) is 29.0 Å². The second-order valence-electron chi connectivity index (χ2n) is 5.55. The zero-order chi connectivity index (χ0) is 16.2. The van der Waals surface area contributed by atoms with Crippen LogP contribution < -0.4 is 10.1 Å². The topological polar surface area (TPSA) is 69.0 Å². The number of aromatic nitrogens is 3. The van der Waals surface area contributed by atoms with Gasteiger partial charge in [-0.3, -0.25) is 14.5 Å². The molecule has 0 aromatic carbocycles. The monoisotopic (exact) mass is 334 g/mol. The van der Waals surface area contributed by atoms with E-state index in [2.05, 4.69) is 15.4 Å². The fourth-order valence-electron chi connectivity index (χ4n) is 2.79. The largest absolute Gasteiger partial charge is 0.485 e. The van der Waals surface area contributed by atoms with E-state index in [9.17, 15) is 4.79 Å². The Morgan fingerprint density at radius 2 is 2.35 bits per heavy atom.